The molecule has 170 valence electrons. The number of hydrogen-bond acceptors (Lipinski definition) is 4. The average Bonchev–Trinajstić information content (AvgIpc) is 3.12. The Morgan fingerprint density at radius 3 is 2.53 bits per heavy atom. The average molecular weight is 460 g/mol. The first-order valence-corrected chi connectivity index (χ1v) is 12.5. The second kappa shape index (κ2) is 8.90. The molecule has 2 N–H and O–H groups in total. The number of benzene rings is 1. The maximum Gasteiger partial charge on any atom is 0.340 e. The number of nitrogens with zero attached hydrogens (tertiary/aromatic N) is 2. The van der Waals surface area contributed by atoms with Crippen molar-refractivity contribution in [3.63, 3.8) is 0 Å². The number of sulfonamides is 1. The first-order valence-electron chi connectivity index (χ1n) is 10.8. The summed E-state index contributed by atoms with van der Waals surface area (Å²) in [5.41, 5.74) is 2.31. The molecule has 0 bridgehead atoms. The lowest BCUT2D eigenvalue weighted by molar-refractivity contribution is 0.0699. The Kier molecular flexibility index (Phi) is 6.19. The van der Waals surface area contributed by atoms with Gasteiger partial charge in [0.25, 0.3) is 0 Å². The molecule has 1 aliphatic carbocycles. The van der Waals surface area contributed by atoms with E-state index in [-0.39, 0.29) is 22.9 Å². The molecule has 0 unspecified atom stereocenters. The van der Waals surface area contributed by atoms with Crippen LogP contribution in [0.25, 0.3) is 16.8 Å². The molecule has 2 aromatic heterocycles. The van der Waals surface area contributed by atoms with E-state index in [1.165, 1.54) is 28.8 Å². The van der Waals surface area contributed by atoms with Gasteiger partial charge in [-0.25, -0.2) is 22.1 Å². The Morgan fingerprint density at radius 2 is 1.91 bits per heavy atom. The summed E-state index contributed by atoms with van der Waals surface area (Å²) in [5.74, 6) is -1.44. The Labute approximate surface area is 186 Å². The molecule has 4 rings (SSSR count). The molecule has 1 aromatic carbocycles. The van der Waals surface area contributed by atoms with E-state index in [9.17, 15) is 22.7 Å². The van der Waals surface area contributed by atoms with Gasteiger partial charge in [-0.1, -0.05) is 26.2 Å². The molecule has 1 aliphatic rings. The van der Waals surface area contributed by atoms with Crippen LogP contribution >= 0.6 is 0 Å². The first kappa shape index (κ1) is 22.3. The van der Waals surface area contributed by atoms with Crippen molar-refractivity contribution in [2.45, 2.75) is 51.4 Å². The molecule has 0 spiro atoms. The number of halogens is 1. The van der Waals surface area contributed by atoms with Crippen LogP contribution < -0.4 is 4.72 Å². The summed E-state index contributed by atoms with van der Waals surface area (Å²) >= 11 is 0. The lowest BCUT2D eigenvalue weighted by Crippen LogP contribution is -2.19. The Morgan fingerprint density at radius 1 is 1.22 bits per heavy atom. The maximum atomic E-state index is 13.4. The van der Waals surface area contributed by atoms with Crippen LogP contribution in [-0.4, -0.2) is 34.9 Å². The van der Waals surface area contributed by atoms with Crippen molar-refractivity contribution in [2.24, 2.45) is 0 Å². The fraction of sp³-hybridized carbons (Fsp3) is 0.391. The molecule has 0 saturated heterocycles. The minimum atomic E-state index is -3.54. The Balaban J connectivity index is 1.92. The maximum absolute atomic E-state index is 13.4. The number of rotatable bonds is 7. The summed E-state index contributed by atoms with van der Waals surface area (Å²) in [6.45, 7) is 1.80. The molecule has 1 saturated carbocycles. The Hall–Kier alpha value is -2.94. The zero-order chi connectivity index (χ0) is 22.9. The number of hydrogen-bond donors (Lipinski definition) is 2. The van der Waals surface area contributed by atoms with Gasteiger partial charge in [0.15, 0.2) is 0 Å². The molecule has 0 amide bonds. The summed E-state index contributed by atoms with van der Waals surface area (Å²) in [6, 6.07) is 7.22. The van der Waals surface area contributed by atoms with Crippen LogP contribution in [0.3, 0.4) is 0 Å². The van der Waals surface area contributed by atoms with Crippen LogP contribution in [0, 0.1) is 5.82 Å². The lowest BCUT2D eigenvalue weighted by atomic mass is 9.83. The molecule has 7 nitrogen and oxygen atoms in total. The van der Waals surface area contributed by atoms with Gasteiger partial charge in [-0.2, -0.15) is 5.10 Å². The standard InChI is InChI=1S/C23H26FN3O4S/c1-2-12-32(30,31)26-19-14-27-20(13-18(19)15-6-4-3-5-7-15)21(23(28)29)22(25-27)16-8-10-17(24)11-9-16/h8-11,13-15,26H,2-7,12H2,1H3,(H,28,29). The van der Waals surface area contributed by atoms with E-state index in [1.54, 1.807) is 19.2 Å². The molecule has 1 fully saturated rings. The summed E-state index contributed by atoms with van der Waals surface area (Å²) in [7, 11) is -3.54. The van der Waals surface area contributed by atoms with Crippen molar-refractivity contribution < 1.29 is 22.7 Å². The van der Waals surface area contributed by atoms with Gasteiger partial charge in [-0.05, 0) is 61.1 Å². The van der Waals surface area contributed by atoms with Crippen LogP contribution in [0.15, 0.2) is 36.5 Å². The van der Waals surface area contributed by atoms with Gasteiger partial charge >= 0.3 is 5.97 Å². The largest absolute Gasteiger partial charge is 0.478 e. The van der Waals surface area contributed by atoms with Gasteiger partial charge < -0.3 is 5.11 Å². The highest BCUT2D eigenvalue weighted by molar-refractivity contribution is 7.92. The minimum Gasteiger partial charge on any atom is -0.478 e. The predicted octanol–water partition coefficient (Wildman–Crippen LogP) is 5.04. The zero-order valence-corrected chi connectivity index (χ0v) is 18.7. The SMILES string of the molecule is CCCS(=O)(=O)Nc1cn2nc(-c3ccc(F)cc3)c(C(=O)O)c2cc1C1CCCCC1. The number of aromatic carboxylic acids is 1. The van der Waals surface area contributed by atoms with E-state index in [2.05, 4.69) is 9.82 Å². The van der Waals surface area contributed by atoms with Gasteiger partial charge in [0.05, 0.1) is 23.2 Å². The zero-order valence-electron chi connectivity index (χ0n) is 17.8. The molecule has 2 heterocycles. The number of carboxylic acid groups (broad SMARTS) is 1. The van der Waals surface area contributed by atoms with Crippen LogP contribution in [0.5, 0.6) is 0 Å². The van der Waals surface area contributed by atoms with E-state index in [4.69, 9.17) is 0 Å². The molecule has 0 aliphatic heterocycles. The van der Waals surface area contributed by atoms with Crippen LogP contribution in [0.1, 0.15) is 67.3 Å². The van der Waals surface area contributed by atoms with Gasteiger partial charge in [-0.3, -0.25) is 4.72 Å². The summed E-state index contributed by atoms with van der Waals surface area (Å²) in [5, 5.41) is 14.4. The molecule has 9 heteroatoms. The van der Waals surface area contributed by atoms with Gasteiger partial charge in [0.2, 0.25) is 10.0 Å². The van der Waals surface area contributed by atoms with E-state index in [0.29, 0.717) is 23.2 Å². The summed E-state index contributed by atoms with van der Waals surface area (Å²) in [4.78, 5) is 12.2. The number of anilines is 1. The number of aromatic nitrogens is 2. The molecular weight excluding hydrogens is 433 g/mol. The number of carbonyl (C=O) groups is 1. The highest BCUT2D eigenvalue weighted by Crippen LogP contribution is 2.39. The molecule has 32 heavy (non-hydrogen) atoms. The van der Waals surface area contributed by atoms with E-state index in [0.717, 1.165) is 37.7 Å². The normalized spacial score (nSPS) is 15.2. The number of fused-ring (bicyclic) bond motifs is 1. The predicted molar refractivity (Wildman–Crippen MR) is 121 cm³/mol. The first-order chi connectivity index (χ1) is 15.3. The van der Waals surface area contributed by atoms with Crippen LogP contribution in [0.4, 0.5) is 10.1 Å². The van der Waals surface area contributed by atoms with Crippen LogP contribution in [0.2, 0.25) is 0 Å². The highest BCUT2D eigenvalue weighted by Gasteiger charge is 2.26. The van der Waals surface area contributed by atoms with Crippen molar-refractivity contribution in [3.8, 4) is 11.3 Å². The van der Waals surface area contributed by atoms with Crippen molar-refractivity contribution in [1.29, 1.82) is 0 Å². The number of carboxylic acids is 1. The third kappa shape index (κ3) is 4.48. The molecule has 0 radical (unpaired) electrons. The second-order valence-electron chi connectivity index (χ2n) is 8.26. The number of nitrogens with one attached hydrogen (secondary N) is 1. The summed E-state index contributed by atoms with van der Waals surface area (Å²) < 4.78 is 42.6. The van der Waals surface area contributed by atoms with Crippen LogP contribution in [-0.2, 0) is 10.0 Å². The monoisotopic (exact) mass is 459 g/mol. The fourth-order valence-corrected chi connectivity index (χ4v) is 5.60. The van der Waals surface area contributed by atoms with Gasteiger partial charge in [0, 0.05) is 5.56 Å². The highest BCUT2D eigenvalue weighted by atomic mass is 32.2. The van der Waals surface area contributed by atoms with E-state index in [1.807, 2.05) is 0 Å². The number of pyridine rings is 1. The third-order valence-corrected chi connectivity index (χ3v) is 7.39. The van der Waals surface area contributed by atoms with Gasteiger partial charge in [-0.15, -0.1) is 0 Å². The minimum absolute atomic E-state index is 0.00451. The van der Waals surface area contributed by atoms with Crippen molar-refractivity contribution >= 4 is 27.2 Å². The molecule has 3 aromatic rings. The molecular formula is C23H26FN3O4S. The van der Waals surface area contributed by atoms with E-state index >= 15 is 0 Å². The Bertz CT molecular complexity index is 1250. The van der Waals surface area contributed by atoms with E-state index < -0.39 is 21.8 Å². The van der Waals surface area contributed by atoms with Crippen molar-refractivity contribution in [2.75, 3.05) is 10.5 Å². The van der Waals surface area contributed by atoms with Crippen molar-refractivity contribution in [3.05, 3.63) is 53.5 Å². The third-order valence-electron chi connectivity index (χ3n) is 5.92. The molecule has 0 atom stereocenters. The second-order valence-corrected chi connectivity index (χ2v) is 10.1. The smallest absolute Gasteiger partial charge is 0.340 e. The van der Waals surface area contributed by atoms with Gasteiger partial charge in [0.1, 0.15) is 17.1 Å². The summed E-state index contributed by atoms with van der Waals surface area (Å²) in [6.07, 6.45) is 7.10. The lowest BCUT2D eigenvalue weighted by Gasteiger charge is -2.25. The van der Waals surface area contributed by atoms with Crippen molar-refractivity contribution in [1.82, 2.24) is 9.61 Å². The topological polar surface area (TPSA) is 101 Å². The quantitative estimate of drug-likeness (QED) is 0.516. The fourth-order valence-electron chi connectivity index (χ4n) is 4.45.